The Morgan fingerprint density at radius 3 is 2.52 bits per heavy atom. The second kappa shape index (κ2) is 6.22. The molecule has 0 radical (unpaired) electrons. The van der Waals surface area contributed by atoms with Gasteiger partial charge in [-0.25, -0.2) is 9.18 Å². The predicted molar refractivity (Wildman–Crippen MR) is 80.0 cm³/mol. The van der Waals surface area contributed by atoms with Crippen LogP contribution < -0.4 is 5.56 Å². The third-order valence-corrected chi connectivity index (χ3v) is 3.76. The lowest BCUT2D eigenvalue weighted by molar-refractivity contribution is 0.0599. The highest BCUT2D eigenvalue weighted by atomic mass is 79.9. The number of hydrogen-bond donors (Lipinski definition) is 0. The largest absolute Gasteiger partial charge is 0.465 e. The molecule has 21 heavy (non-hydrogen) atoms. The van der Waals surface area contributed by atoms with Gasteiger partial charge in [0.2, 0.25) is 0 Å². The van der Waals surface area contributed by atoms with E-state index in [9.17, 15) is 14.0 Å². The van der Waals surface area contributed by atoms with Gasteiger partial charge in [0, 0.05) is 6.20 Å². The van der Waals surface area contributed by atoms with E-state index >= 15 is 0 Å². The average molecular weight is 354 g/mol. The van der Waals surface area contributed by atoms with Gasteiger partial charge < -0.3 is 9.30 Å². The number of aromatic nitrogens is 1. The summed E-state index contributed by atoms with van der Waals surface area (Å²) in [6, 6.07) is 6.93. The molecule has 0 N–H and O–H groups in total. The minimum Gasteiger partial charge on any atom is -0.465 e. The fourth-order valence-electron chi connectivity index (χ4n) is 1.99. The Morgan fingerprint density at radius 1 is 1.33 bits per heavy atom. The molecule has 0 aliphatic carbocycles. The number of benzene rings is 1. The number of rotatable bonds is 3. The standard InChI is InChI=1S/C15H13BrFNO3/c1-9(10-3-5-12(17)6-4-10)18-8-11(15(20)21-2)7-13(16)14(18)19/h3-9H,1-2H3/t9-/m0/s1. The molecule has 0 spiro atoms. The summed E-state index contributed by atoms with van der Waals surface area (Å²) in [7, 11) is 1.27. The predicted octanol–water partition coefficient (Wildman–Crippen LogP) is 3.15. The maximum absolute atomic E-state index is 13.0. The van der Waals surface area contributed by atoms with Gasteiger partial charge >= 0.3 is 5.97 Å². The average Bonchev–Trinajstić information content (AvgIpc) is 2.49. The maximum atomic E-state index is 13.0. The highest BCUT2D eigenvalue weighted by Crippen LogP contribution is 2.19. The van der Waals surface area contributed by atoms with Crippen LogP contribution in [0.1, 0.15) is 28.9 Å². The first-order chi connectivity index (χ1) is 9.93. The summed E-state index contributed by atoms with van der Waals surface area (Å²) in [6.07, 6.45) is 1.44. The zero-order chi connectivity index (χ0) is 15.6. The minimum absolute atomic E-state index is 0.262. The van der Waals surface area contributed by atoms with Gasteiger partial charge in [-0.05, 0) is 46.6 Å². The zero-order valence-corrected chi connectivity index (χ0v) is 13.1. The lowest BCUT2D eigenvalue weighted by Crippen LogP contribution is -2.25. The van der Waals surface area contributed by atoms with Crippen LogP contribution in [0.5, 0.6) is 0 Å². The van der Waals surface area contributed by atoms with Crippen LogP contribution in [0.25, 0.3) is 0 Å². The molecule has 4 nitrogen and oxygen atoms in total. The van der Waals surface area contributed by atoms with Crippen molar-refractivity contribution in [1.82, 2.24) is 4.57 Å². The number of pyridine rings is 1. The van der Waals surface area contributed by atoms with Crippen molar-refractivity contribution in [2.24, 2.45) is 0 Å². The van der Waals surface area contributed by atoms with Gasteiger partial charge in [-0.1, -0.05) is 12.1 Å². The molecule has 1 heterocycles. The molecule has 0 saturated heterocycles. The SMILES string of the molecule is COC(=O)c1cc(Br)c(=O)n([C@@H](C)c2ccc(F)cc2)c1. The van der Waals surface area contributed by atoms with Crippen molar-refractivity contribution in [2.75, 3.05) is 7.11 Å². The van der Waals surface area contributed by atoms with Gasteiger partial charge in [0.1, 0.15) is 5.82 Å². The van der Waals surface area contributed by atoms with Crippen LogP contribution in [0.4, 0.5) is 4.39 Å². The fraction of sp³-hybridized carbons (Fsp3) is 0.200. The van der Waals surface area contributed by atoms with Gasteiger partial charge in [0.15, 0.2) is 0 Å². The minimum atomic E-state index is -0.532. The summed E-state index contributed by atoms with van der Waals surface area (Å²) >= 11 is 3.15. The third-order valence-electron chi connectivity index (χ3n) is 3.19. The van der Waals surface area contributed by atoms with Crippen LogP contribution in [-0.2, 0) is 4.74 Å². The Labute approximate surface area is 129 Å². The summed E-state index contributed by atoms with van der Waals surface area (Å²) in [5, 5.41) is 0. The van der Waals surface area contributed by atoms with Gasteiger partial charge in [-0.2, -0.15) is 0 Å². The van der Waals surface area contributed by atoms with Gasteiger partial charge in [0.05, 0.1) is 23.2 Å². The number of hydrogen-bond acceptors (Lipinski definition) is 3. The summed E-state index contributed by atoms with van der Waals surface area (Å²) < 4.78 is 19.3. The lowest BCUT2D eigenvalue weighted by atomic mass is 10.1. The molecule has 0 saturated carbocycles. The van der Waals surface area contributed by atoms with E-state index in [4.69, 9.17) is 0 Å². The molecular weight excluding hydrogens is 341 g/mol. The van der Waals surface area contributed by atoms with E-state index in [2.05, 4.69) is 20.7 Å². The van der Waals surface area contributed by atoms with E-state index in [1.807, 2.05) is 0 Å². The van der Waals surface area contributed by atoms with E-state index in [0.717, 1.165) is 5.56 Å². The van der Waals surface area contributed by atoms with E-state index in [1.54, 1.807) is 19.1 Å². The first-order valence-electron chi connectivity index (χ1n) is 6.19. The monoisotopic (exact) mass is 353 g/mol. The van der Waals surface area contributed by atoms with Crippen molar-refractivity contribution in [3.05, 3.63) is 68.3 Å². The molecule has 6 heteroatoms. The second-order valence-electron chi connectivity index (χ2n) is 4.51. The topological polar surface area (TPSA) is 48.3 Å². The Morgan fingerprint density at radius 2 is 1.95 bits per heavy atom. The Kier molecular flexibility index (Phi) is 4.57. The molecule has 1 aromatic carbocycles. The van der Waals surface area contributed by atoms with Crippen molar-refractivity contribution in [3.8, 4) is 0 Å². The number of halogens is 2. The number of nitrogens with zero attached hydrogens (tertiary/aromatic N) is 1. The van der Waals surface area contributed by atoms with E-state index in [-0.39, 0.29) is 27.5 Å². The van der Waals surface area contributed by atoms with Gasteiger partial charge in [-0.15, -0.1) is 0 Å². The molecule has 0 bridgehead atoms. The highest BCUT2D eigenvalue weighted by molar-refractivity contribution is 9.10. The van der Waals surface area contributed by atoms with Crippen LogP contribution in [-0.4, -0.2) is 17.6 Å². The van der Waals surface area contributed by atoms with Crippen LogP contribution in [0.3, 0.4) is 0 Å². The molecule has 0 aliphatic rings. The summed E-state index contributed by atoms with van der Waals surface area (Å²) in [5.41, 5.74) is 0.741. The molecule has 2 rings (SSSR count). The van der Waals surface area contributed by atoms with Crippen molar-refractivity contribution in [2.45, 2.75) is 13.0 Å². The number of esters is 1. The molecule has 2 aromatic rings. The maximum Gasteiger partial charge on any atom is 0.339 e. The van der Waals surface area contributed by atoms with Crippen LogP contribution >= 0.6 is 15.9 Å². The van der Waals surface area contributed by atoms with Crippen LogP contribution in [0, 0.1) is 5.82 Å². The Balaban J connectivity index is 2.51. The highest BCUT2D eigenvalue weighted by Gasteiger charge is 2.16. The number of ether oxygens (including phenoxy) is 1. The first-order valence-corrected chi connectivity index (χ1v) is 6.99. The molecule has 0 unspecified atom stereocenters. The van der Waals surface area contributed by atoms with Gasteiger partial charge in [0.25, 0.3) is 5.56 Å². The Bertz CT molecular complexity index is 725. The third kappa shape index (κ3) is 3.21. The first kappa shape index (κ1) is 15.4. The smallest absolute Gasteiger partial charge is 0.339 e. The van der Waals surface area contributed by atoms with E-state index in [0.29, 0.717) is 0 Å². The number of methoxy groups -OCH3 is 1. The number of carbonyl (C=O) groups is 1. The van der Waals surface area contributed by atoms with E-state index in [1.165, 1.54) is 36.1 Å². The molecular formula is C15H13BrFNO3. The summed E-state index contributed by atoms with van der Waals surface area (Å²) in [5.74, 6) is -0.876. The molecule has 1 atom stereocenters. The molecule has 0 fully saturated rings. The van der Waals surface area contributed by atoms with Crippen molar-refractivity contribution >= 4 is 21.9 Å². The summed E-state index contributed by atoms with van der Waals surface area (Å²) in [4.78, 5) is 23.8. The second-order valence-corrected chi connectivity index (χ2v) is 5.36. The molecule has 0 aliphatic heterocycles. The lowest BCUT2D eigenvalue weighted by Gasteiger charge is -2.17. The van der Waals surface area contributed by atoms with Crippen molar-refractivity contribution in [1.29, 1.82) is 0 Å². The van der Waals surface area contributed by atoms with Crippen LogP contribution in [0.2, 0.25) is 0 Å². The quantitative estimate of drug-likeness (QED) is 0.796. The number of carbonyl (C=O) groups excluding carboxylic acids is 1. The fourth-order valence-corrected chi connectivity index (χ4v) is 2.44. The Hall–Kier alpha value is -1.95. The summed E-state index contributed by atoms with van der Waals surface area (Å²) in [6.45, 7) is 1.79. The molecule has 0 amide bonds. The zero-order valence-electron chi connectivity index (χ0n) is 11.5. The van der Waals surface area contributed by atoms with E-state index < -0.39 is 5.97 Å². The van der Waals surface area contributed by atoms with Crippen molar-refractivity contribution < 1.29 is 13.9 Å². The molecule has 110 valence electrons. The van der Waals surface area contributed by atoms with Crippen molar-refractivity contribution in [3.63, 3.8) is 0 Å². The normalized spacial score (nSPS) is 12.0. The van der Waals surface area contributed by atoms with Crippen LogP contribution in [0.15, 0.2) is 45.8 Å². The van der Waals surface area contributed by atoms with Gasteiger partial charge in [-0.3, -0.25) is 4.79 Å². The molecule has 1 aromatic heterocycles.